The molecule has 4 heterocycles. The van der Waals surface area contributed by atoms with Crippen LogP contribution in [0.4, 0.5) is 23.1 Å². The SMILES string of the molecule is COc1ccc(Nc2nc(Nc3ccc(OCCN4CCCCC4)cc3)c3[nH]cnc3n2)cn1. The van der Waals surface area contributed by atoms with Gasteiger partial charge in [-0.15, -0.1) is 0 Å². The fourth-order valence-electron chi connectivity index (χ4n) is 3.93. The molecule has 3 N–H and O–H groups in total. The minimum atomic E-state index is 0.409. The highest BCUT2D eigenvalue weighted by atomic mass is 16.5. The van der Waals surface area contributed by atoms with E-state index in [1.807, 2.05) is 30.3 Å². The third-order valence-electron chi connectivity index (χ3n) is 5.73. The van der Waals surface area contributed by atoms with Gasteiger partial charge in [-0.25, -0.2) is 9.97 Å². The molecule has 0 spiro atoms. The van der Waals surface area contributed by atoms with Gasteiger partial charge in [0.15, 0.2) is 11.5 Å². The molecule has 1 aliphatic rings. The van der Waals surface area contributed by atoms with Crippen LogP contribution in [0.2, 0.25) is 0 Å². The maximum atomic E-state index is 5.94. The number of nitrogens with zero attached hydrogens (tertiary/aromatic N) is 5. The molecule has 0 amide bonds. The van der Waals surface area contributed by atoms with E-state index in [2.05, 4.69) is 40.5 Å². The van der Waals surface area contributed by atoms with Gasteiger partial charge in [0.25, 0.3) is 0 Å². The normalized spacial score (nSPS) is 14.1. The van der Waals surface area contributed by atoms with Gasteiger partial charge < -0.3 is 25.1 Å². The summed E-state index contributed by atoms with van der Waals surface area (Å²) in [7, 11) is 1.58. The van der Waals surface area contributed by atoms with Crippen molar-refractivity contribution in [3.8, 4) is 11.6 Å². The zero-order valence-electron chi connectivity index (χ0n) is 19.1. The van der Waals surface area contributed by atoms with Crippen molar-refractivity contribution >= 4 is 34.3 Å². The summed E-state index contributed by atoms with van der Waals surface area (Å²) in [5.41, 5.74) is 2.90. The van der Waals surface area contributed by atoms with Crippen molar-refractivity contribution in [1.82, 2.24) is 29.8 Å². The Kier molecular flexibility index (Phi) is 6.66. The number of hydrogen-bond acceptors (Lipinski definition) is 9. The number of ether oxygens (including phenoxy) is 2. The van der Waals surface area contributed by atoms with Gasteiger partial charge in [-0.3, -0.25) is 4.90 Å². The van der Waals surface area contributed by atoms with E-state index < -0.39 is 0 Å². The van der Waals surface area contributed by atoms with Gasteiger partial charge in [-0.05, 0) is 56.3 Å². The minimum absolute atomic E-state index is 0.409. The lowest BCUT2D eigenvalue weighted by molar-refractivity contribution is 0.183. The van der Waals surface area contributed by atoms with Crippen molar-refractivity contribution in [1.29, 1.82) is 0 Å². The van der Waals surface area contributed by atoms with E-state index in [1.54, 1.807) is 25.7 Å². The molecule has 0 unspecified atom stereocenters. The fraction of sp³-hybridized carbons (Fsp3) is 0.333. The van der Waals surface area contributed by atoms with E-state index in [1.165, 1.54) is 32.4 Å². The third-order valence-corrected chi connectivity index (χ3v) is 5.73. The topological polar surface area (TPSA) is 113 Å². The molecule has 0 aliphatic carbocycles. The molecule has 10 nitrogen and oxygen atoms in total. The van der Waals surface area contributed by atoms with Crippen LogP contribution in [-0.4, -0.2) is 63.2 Å². The zero-order chi connectivity index (χ0) is 23.2. The molecule has 3 aromatic heterocycles. The van der Waals surface area contributed by atoms with Crippen LogP contribution in [0.1, 0.15) is 19.3 Å². The van der Waals surface area contributed by atoms with Gasteiger partial charge in [0.05, 0.1) is 25.3 Å². The second-order valence-corrected chi connectivity index (χ2v) is 8.11. The molecule has 4 aromatic rings. The molecule has 34 heavy (non-hydrogen) atoms. The van der Waals surface area contributed by atoms with Crippen LogP contribution in [-0.2, 0) is 0 Å². The highest BCUT2D eigenvalue weighted by Gasteiger charge is 2.12. The third kappa shape index (κ3) is 5.34. The number of H-pyrrole nitrogens is 1. The largest absolute Gasteiger partial charge is 0.492 e. The number of imidazole rings is 1. The number of pyridine rings is 1. The number of aromatic nitrogens is 5. The summed E-state index contributed by atoms with van der Waals surface area (Å²) in [4.78, 5) is 23.2. The molecule has 176 valence electrons. The Balaban J connectivity index is 1.24. The Hall–Kier alpha value is -3.92. The van der Waals surface area contributed by atoms with E-state index in [9.17, 15) is 0 Å². The van der Waals surface area contributed by atoms with Gasteiger partial charge in [-0.2, -0.15) is 9.97 Å². The smallest absolute Gasteiger partial charge is 0.231 e. The molecule has 0 bridgehead atoms. The number of anilines is 4. The van der Waals surface area contributed by atoms with E-state index in [4.69, 9.17) is 9.47 Å². The number of piperidine rings is 1. The van der Waals surface area contributed by atoms with Crippen LogP contribution in [0.25, 0.3) is 11.2 Å². The first-order valence-corrected chi connectivity index (χ1v) is 11.5. The second-order valence-electron chi connectivity index (χ2n) is 8.11. The van der Waals surface area contributed by atoms with Crippen molar-refractivity contribution < 1.29 is 9.47 Å². The average Bonchev–Trinajstić information content (AvgIpc) is 3.35. The van der Waals surface area contributed by atoms with E-state index >= 15 is 0 Å². The number of fused-ring (bicyclic) bond motifs is 1. The Morgan fingerprint density at radius 2 is 1.76 bits per heavy atom. The Morgan fingerprint density at radius 3 is 2.53 bits per heavy atom. The van der Waals surface area contributed by atoms with E-state index in [-0.39, 0.29) is 0 Å². The molecule has 1 aromatic carbocycles. The van der Waals surface area contributed by atoms with Crippen LogP contribution in [0.3, 0.4) is 0 Å². The Bertz CT molecular complexity index is 1200. The molecule has 1 aliphatic heterocycles. The number of rotatable bonds is 9. The number of nitrogens with one attached hydrogen (secondary N) is 3. The monoisotopic (exact) mass is 460 g/mol. The zero-order valence-corrected chi connectivity index (χ0v) is 19.1. The molecule has 10 heteroatoms. The minimum Gasteiger partial charge on any atom is -0.492 e. The summed E-state index contributed by atoms with van der Waals surface area (Å²) < 4.78 is 11.0. The number of methoxy groups -OCH3 is 1. The summed E-state index contributed by atoms with van der Waals surface area (Å²) >= 11 is 0. The second kappa shape index (κ2) is 10.3. The summed E-state index contributed by atoms with van der Waals surface area (Å²) in [5, 5.41) is 6.52. The number of hydrogen-bond donors (Lipinski definition) is 3. The van der Waals surface area contributed by atoms with Gasteiger partial charge in [-0.1, -0.05) is 6.42 Å². The number of benzene rings is 1. The predicted molar refractivity (Wildman–Crippen MR) is 131 cm³/mol. The predicted octanol–water partition coefficient (Wildman–Crippen LogP) is 4.11. The quantitative estimate of drug-likeness (QED) is 0.340. The standard InChI is InChI=1S/C24H28N8O2/c1-33-20-10-7-18(15-25-20)29-24-30-22-21(26-16-27-22)23(31-24)28-17-5-8-19(9-6-17)34-14-13-32-11-3-2-4-12-32/h5-10,15-16H,2-4,11-14H2,1H3,(H3,26,27,28,29,30,31). The molecular weight excluding hydrogens is 432 g/mol. The lowest BCUT2D eigenvalue weighted by Crippen LogP contribution is -2.33. The van der Waals surface area contributed by atoms with E-state index in [0.717, 1.165) is 29.2 Å². The molecule has 5 rings (SSSR count). The first kappa shape index (κ1) is 21.9. The lowest BCUT2D eigenvalue weighted by Gasteiger charge is -2.26. The van der Waals surface area contributed by atoms with E-state index in [0.29, 0.717) is 29.9 Å². The van der Waals surface area contributed by atoms with Crippen molar-refractivity contribution in [3.05, 3.63) is 48.9 Å². The van der Waals surface area contributed by atoms with Crippen molar-refractivity contribution in [3.63, 3.8) is 0 Å². The fourth-order valence-corrected chi connectivity index (χ4v) is 3.93. The Labute approximate surface area is 197 Å². The van der Waals surface area contributed by atoms with Gasteiger partial charge in [0, 0.05) is 18.3 Å². The molecule has 0 saturated carbocycles. The first-order valence-electron chi connectivity index (χ1n) is 11.5. The maximum Gasteiger partial charge on any atom is 0.231 e. The summed E-state index contributed by atoms with van der Waals surface area (Å²) in [6, 6.07) is 11.5. The van der Waals surface area contributed by atoms with Gasteiger partial charge in [0.2, 0.25) is 11.8 Å². The summed E-state index contributed by atoms with van der Waals surface area (Å²) in [6.45, 7) is 4.03. The molecule has 0 atom stereocenters. The first-order chi connectivity index (χ1) is 16.8. The maximum absolute atomic E-state index is 5.94. The summed E-state index contributed by atoms with van der Waals surface area (Å²) in [5.74, 6) is 2.42. The van der Waals surface area contributed by atoms with Gasteiger partial charge in [0.1, 0.15) is 17.9 Å². The van der Waals surface area contributed by atoms with Crippen LogP contribution in [0.5, 0.6) is 11.6 Å². The number of aromatic amines is 1. The molecule has 1 fully saturated rings. The van der Waals surface area contributed by atoms with Crippen molar-refractivity contribution in [2.45, 2.75) is 19.3 Å². The molecule has 0 radical (unpaired) electrons. The summed E-state index contributed by atoms with van der Waals surface area (Å²) in [6.07, 6.45) is 7.19. The highest BCUT2D eigenvalue weighted by molar-refractivity contribution is 5.86. The van der Waals surface area contributed by atoms with Crippen molar-refractivity contribution in [2.75, 3.05) is 44.0 Å². The van der Waals surface area contributed by atoms with Gasteiger partial charge >= 0.3 is 0 Å². The molecular formula is C24H28N8O2. The highest BCUT2D eigenvalue weighted by Crippen LogP contribution is 2.25. The van der Waals surface area contributed by atoms with Crippen LogP contribution in [0.15, 0.2) is 48.9 Å². The number of likely N-dealkylation sites (tertiary alicyclic amines) is 1. The van der Waals surface area contributed by atoms with Crippen LogP contribution in [0, 0.1) is 0 Å². The lowest BCUT2D eigenvalue weighted by atomic mass is 10.1. The van der Waals surface area contributed by atoms with Crippen molar-refractivity contribution in [2.24, 2.45) is 0 Å². The van der Waals surface area contributed by atoms with Crippen LogP contribution >= 0.6 is 0 Å². The average molecular weight is 461 g/mol. The molecule has 1 saturated heterocycles. The Morgan fingerprint density at radius 1 is 0.941 bits per heavy atom. The van der Waals surface area contributed by atoms with Crippen LogP contribution < -0.4 is 20.1 Å².